The van der Waals surface area contributed by atoms with Gasteiger partial charge < -0.3 is 5.11 Å². The predicted molar refractivity (Wildman–Crippen MR) is 44.5 cm³/mol. The fraction of sp³-hybridized carbons (Fsp3) is 0.250. The molecule has 0 unspecified atom stereocenters. The predicted octanol–water partition coefficient (Wildman–Crippen LogP) is 1.29. The normalized spacial score (nSPS) is 9.42. The lowest BCUT2D eigenvalue weighted by atomic mass is 10.2. The van der Waals surface area contributed by atoms with E-state index in [9.17, 15) is 0 Å². The van der Waals surface area contributed by atoms with E-state index in [0.717, 1.165) is 0 Å². The zero-order valence-electron chi connectivity index (χ0n) is 6.29. The fourth-order valence-electron chi connectivity index (χ4n) is 0.862. The number of pyridine rings is 1. The highest BCUT2D eigenvalue weighted by Crippen LogP contribution is 2.11. The first-order valence-corrected chi connectivity index (χ1v) is 3.77. The Morgan fingerprint density at radius 1 is 1.50 bits per heavy atom. The van der Waals surface area contributed by atoms with Crippen molar-refractivity contribution in [2.45, 2.75) is 13.0 Å². The van der Waals surface area contributed by atoms with Crippen LogP contribution in [0.5, 0.6) is 0 Å². The number of aliphatic hydroxyl groups excluding tert-OH is 1. The second-order valence-corrected chi connectivity index (χ2v) is 2.70. The maximum Gasteiger partial charge on any atom is 0.0853 e. The lowest BCUT2D eigenvalue weighted by Gasteiger charge is -1.99. The Hall–Kier alpha value is -1.11. The van der Waals surface area contributed by atoms with Crippen molar-refractivity contribution in [3.8, 4) is 6.07 Å². The Morgan fingerprint density at radius 3 is 2.75 bits per heavy atom. The van der Waals surface area contributed by atoms with Crippen LogP contribution in [0, 0.1) is 11.3 Å². The maximum atomic E-state index is 8.75. The topological polar surface area (TPSA) is 56.9 Å². The van der Waals surface area contributed by atoms with Gasteiger partial charge in [-0.3, -0.25) is 4.98 Å². The van der Waals surface area contributed by atoms with E-state index in [2.05, 4.69) is 4.98 Å². The smallest absolute Gasteiger partial charge is 0.0853 e. The molecule has 0 saturated heterocycles. The van der Waals surface area contributed by atoms with Gasteiger partial charge in [0.2, 0.25) is 0 Å². The van der Waals surface area contributed by atoms with E-state index in [0.29, 0.717) is 16.4 Å². The minimum atomic E-state index is -0.154. The Bertz CT molecular complexity index is 319. The molecule has 1 rings (SSSR count). The van der Waals surface area contributed by atoms with Gasteiger partial charge in [-0.2, -0.15) is 5.26 Å². The van der Waals surface area contributed by atoms with Crippen molar-refractivity contribution in [1.29, 1.82) is 5.26 Å². The SMILES string of the molecule is N#CCc1cc(Cl)cc(CO)n1. The molecule has 0 saturated carbocycles. The minimum Gasteiger partial charge on any atom is -0.390 e. The first-order valence-electron chi connectivity index (χ1n) is 3.39. The van der Waals surface area contributed by atoms with Crippen molar-refractivity contribution >= 4 is 11.6 Å². The average Bonchev–Trinajstić information content (AvgIpc) is 2.04. The highest BCUT2D eigenvalue weighted by Gasteiger charge is 1.99. The molecule has 0 spiro atoms. The van der Waals surface area contributed by atoms with Crippen LogP contribution in [0.4, 0.5) is 0 Å². The van der Waals surface area contributed by atoms with E-state index in [4.69, 9.17) is 22.0 Å². The standard InChI is InChI=1S/C8H7ClN2O/c9-6-3-7(1-2-10)11-8(4-6)5-12/h3-4,12H,1,5H2. The number of halogens is 1. The van der Waals surface area contributed by atoms with Crippen molar-refractivity contribution < 1.29 is 5.11 Å². The van der Waals surface area contributed by atoms with Gasteiger partial charge in [0.15, 0.2) is 0 Å². The van der Waals surface area contributed by atoms with Crippen LogP contribution in [0.25, 0.3) is 0 Å². The highest BCUT2D eigenvalue weighted by molar-refractivity contribution is 6.30. The Balaban J connectivity index is 2.99. The summed E-state index contributed by atoms with van der Waals surface area (Å²) in [4.78, 5) is 3.98. The number of hydrogen-bond donors (Lipinski definition) is 1. The van der Waals surface area contributed by atoms with Gasteiger partial charge in [-0.25, -0.2) is 0 Å². The molecule has 0 atom stereocenters. The quantitative estimate of drug-likeness (QED) is 0.750. The van der Waals surface area contributed by atoms with Gasteiger partial charge in [-0.15, -0.1) is 0 Å². The number of aromatic nitrogens is 1. The largest absolute Gasteiger partial charge is 0.390 e. The van der Waals surface area contributed by atoms with Crippen molar-refractivity contribution in [3.63, 3.8) is 0 Å². The maximum absolute atomic E-state index is 8.75. The summed E-state index contributed by atoms with van der Waals surface area (Å²) in [7, 11) is 0. The van der Waals surface area contributed by atoms with Gasteiger partial charge in [-0.1, -0.05) is 11.6 Å². The molecule has 0 aliphatic heterocycles. The van der Waals surface area contributed by atoms with Crippen LogP contribution in [0.3, 0.4) is 0 Å². The van der Waals surface area contributed by atoms with Crippen molar-refractivity contribution in [2.75, 3.05) is 0 Å². The van der Waals surface area contributed by atoms with E-state index in [1.807, 2.05) is 6.07 Å². The van der Waals surface area contributed by atoms with Crippen molar-refractivity contribution in [2.24, 2.45) is 0 Å². The third-order valence-corrected chi connectivity index (χ3v) is 1.54. The number of aliphatic hydroxyl groups is 1. The molecule has 12 heavy (non-hydrogen) atoms. The van der Waals surface area contributed by atoms with Gasteiger partial charge in [0.25, 0.3) is 0 Å². The average molecular weight is 183 g/mol. The molecule has 0 bridgehead atoms. The second kappa shape index (κ2) is 4.05. The lowest BCUT2D eigenvalue weighted by Crippen LogP contribution is -1.94. The molecule has 0 aliphatic carbocycles. The lowest BCUT2D eigenvalue weighted by molar-refractivity contribution is 0.276. The van der Waals surface area contributed by atoms with Crippen LogP contribution in [-0.2, 0) is 13.0 Å². The molecule has 0 amide bonds. The molecular formula is C8H7ClN2O. The number of rotatable bonds is 2. The zero-order chi connectivity index (χ0) is 8.97. The first kappa shape index (κ1) is 8.98. The Labute approximate surface area is 75.2 Å². The molecule has 1 aromatic rings. The van der Waals surface area contributed by atoms with Gasteiger partial charge in [0.1, 0.15) is 0 Å². The van der Waals surface area contributed by atoms with Gasteiger partial charge in [0, 0.05) is 5.02 Å². The van der Waals surface area contributed by atoms with Crippen LogP contribution < -0.4 is 0 Å². The summed E-state index contributed by atoms with van der Waals surface area (Å²) in [6, 6.07) is 5.15. The summed E-state index contributed by atoms with van der Waals surface area (Å²) >= 11 is 5.70. The molecule has 62 valence electrons. The van der Waals surface area contributed by atoms with Crippen LogP contribution in [0.2, 0.25) is 5.02 Å². The number of nitrogens with zero attached hydrogens (tertiary/aromatic N) is 2. The summed E-state index contributed by atoms with van der Waals surface area (Å²) in [5.74, 6) is 0. The van der Waals surface area contributed by atoms with E-state index in [-0.39, 0.29) is 13.0 Å². The van der Waals surface area contributed by atoms with E-state index >= 15 is 0 Å². The number of nitriles is 1. The third-order valence-electron chi connectivity index (χ3n) is 1.32. The third kappa shape index (κ3) is 2.19. The van der Waals surface area contributed by atoms with E-state index in [1.54, 1.807) is 12.1 Å². The summed E-state index contributed by atoms with van der Waals surface area (Å²) in [5, 5.41) is 17.6. The summed E-state index contributed by atoms with van der Waals surface area (Å²) in [6.45, 7) is -0.154. The molecule has 4 heteroatoms. The van der Waals surface area contributed by atoms with Crippen LogP contribution in [0.15, 0.2) is 12.1 Å². The van der Waals surface area contributed by atoms with Crippen molar-refractivity contribution in [1.82, 2.24) is 4.98 Å². The molecule has 0 aliphatic rings. The molecule has 3 nitrogen and oxygen atoms in total. The molecular weight excluding hydrogens is 176 g/mol. The minimum absolute atomic E-state index is 0.154. The summed E-state index contributed by atoms with van der Waals surface area (Å²) in [5.41, 5.74) is 1.09. The number of hydrogen-bond acceptors (Lipinski definition) is 3. The molecule has 0 fully saturated rings. The Kier molecular flexibility index (Phi) is 3.03. The molecule has 1 heterocycles. The second-order valence-electron chi connectivity index (χ2n) is 2.26. The Morgan fingerprint density at radius 2 is 2.17 bits per heavy atom. The van der Waals surface area contributed by atoms with Crippen LogP contribution >= 0.6 is 11.6 Å². The van der Waals surface area contributed by atoms with Crippen LogP contribution in [0.1, 0.15) is 11.4 Å². The van der Waals surface area contributed by atoms with Crippen molar-refractivity contribution in [3.05, 3.63) is 28.5 Å². The van der Waals surface area contributed by atoms with E-state index in [1.165, 1.54) is 0 Å². The molecule has 0 radical (unpaired) electrons. The first-order chi connectivity index (χ1) is 5.76. The van der Waals surface area contributed by atoms with Crippen LogP contribution in [-0.4, -0.2) is 10.1 Å². The van der Waals surface area contributed by atoms with E-state index < -0.39 is 0 Å². The molecule has 1 N–H and O–H groups in total. The molecule has 1 aromatic heterocycles. The summed E-state index contributed by atoms with van der Waals surface area (Å²) in [6.07, 6.45) is 0.216. The highest BCUT2D eigenvalue weighted by atomic mass is 35.5. The van der Waals surface area contributed by atoms with Gasteiger partial charge in [0.05, 0.1) is 30.5 Å². The van der Waals surface area contributed by atoms with Gasteiger partial charge in [-0.05, 0) is 12.1 Å². The zero-order valence-corrected chi connectivity index (χ0v) is 7.04. The summed E-state index contributed by atoms with van der Waals surface area (Å²) < 4.78 is 0. The fourth-order valence-corrected chi connectivity index (χ4v) is 1.11. The monoisotopic (exact) mass is 182 g/mol. The van der Waals surface area contributed by atoms with Gasteiger partial charge >= 0.3 is 0 Å². The molecule has 0 aromatic carbocycles.